The van der Waals surface area contributed by atoms with E-state index in [4.69, 9.17) is 20.1 Å². The molecule has 11 nitrogen and oxygen atoms in total. The smallest absolute Gasteiger partial charge is 0.323 e. The zero-order valence-corrected chi connectivity index (χ0v) is 25.2. The quantitative estimate of drug-likeness (QED) is 0.239. The number of amides is 3. The Labute approximate surface area is 255 Å². The fourth-order valence-corrected chi connectivity index (χ4v) is 5.19. The van der Waals surface area contributed by atoms with Crippen LogP contribution in [-0.4, -0.2) is 78.7 Å². The molecule has 4 aromatic rings. The van der Waals surface area contributed by atoms with Crippen LogP contribution in [0.1, 0.15) is 35.7 Å². The van der Waals surface area contributed by atoms with Gasteiger partial charge in [0.2, 0.25) is 0 Å². The Kier molecular flexibility index (Phi) is 8.96. The van der Waals surface area contributed by atoms with Crippen LogP contribution in [0.5, 0.6) is 0 Å². The van der Waals surface area contributed by atoms with Crippen molar-refractivity contribution >= 4 is 51.5 Å². The first-order valence-electron chi connectivity index (χ1n) is 14.3. The van der Waals surface area contributed by atoms with Crippen LogP contribution in [0.3, 0.4) is 0 Å². The molecule has 3 N–H and O–H groups in total. The molecule has 3 aromatic carbocycles. The average molecular weight is 594 g/mol. The van der Waals surface area contributed by atoms with Gasteiger partial charge in [-0.05, 0) is 80.1 Å². The Morgan fingerprint density at radius 2 is 1.50 bits per heavy atom. The van der Waals surface area contributed by atoms with Gasteiger partial charge in [-0.3, -0.25) is 9.59 Å². The summed E-state index contributed by atoms with van der Waals surface area (Å²) < 4.78 is 5.56. The lowest BCUT2D eigenvalue weighted by Crippen LogP contribution is -2.37. The number of benzene rings is 3. The number of aromatic nitrogens is 2. The maximum atomic E-state index is 12.6. The van der Waals surface area contributed by atoms with E-state index in [1.165, 1.54) is 11.8 Å². The summed E-state index contributed by atoms with van der Waals surface area (Å²) in [6.07, 6.45) is 0. The molecule has 1 saturated heterocycles. The minimum atomic E-state index is -0.625. The first-order chi connectivity index (χ1) is 21.1. The second-order valence-electron chi connectivity index (χ2n) is 10.9. The van der Waals surface area contributed by atoms with Gasteiger partial charge in [-0.25, -0.2) is 14.8 Å². The summed E-state index contributed by atoms with van der Waals surface area (Å²) in [7, 11) is 3.37. The van der Waals surface area contributed by atoms with Crippen molar-refractivity contribution in [1.82, 2.24) is 14.9 Å². The standard InChI is InChI=1S/C33H35N7O4/c1-20(34)29(21(2)41)24-9-14-27-28(19-24)37-30(38-31(27)40-15-17-44-18-16-40)22-5-10-25(11-6-22)35-33(43)36-26-12-7-23(8-13-26)32(42)39(3)4/h5-14,19,29,34H,15-18H2,1-4H3,(H2,35,36,43). The van der Waals surface area contributed by atoms with Gasteiger partial charge in [-0.1, -0.05) is 6.07 Å². The SMILES string of the molecule is CC(=N)C(C(C)=O)c1ccc2c(N3CCOCC3)nc(-c3ccc(NC(=O)Nc4ccc(C(=O)N(C)C)cc4)cc3)nc2c1. The monoisotopic (exact) mass is 593 g/mol. The third-order valence-corrected chi connectivity index (χ3v) is 7.38. The Morgan fingerprint density at radius 1 is 0.886 bits per heavy atom. The van der Waals surface area contributed by atoms with Crippen LogP contribution in [0.25, 0.3) is 22.3 Å². The maximum Gasteiger partial charge on any atom is 0.323 e. The number of anilines is 3. The van der Waals surface area contributed by atoms with Crippen molar-refractivity contribution in [1.29, 1.82) is 5.41 Å². The van der Waals surface area contributed by atoms with E-state index >= 15 is 0 Å². The molecule has 0 spiro atoms. The molecule has 0 saturated carbocycles. The van der Waals surface area contributed by atoms with Gasteiger partial charge in [-0.15, -0.1) is 0 Å². The largest absolute Gasteiger partial charge is 0.378 e. The fourth-order valence-electron chi connectivity index (χ4n) is 5.19. The molecule has 1 aliphatic heterocycles. The van der Waals surface area contributed by atoms with Gasteiger partial charge in [-0.2, -0.15) is 0 Å². The molecule has 1 unspecified atom stereocenters. The number of carbonyl (C=O) groups excluding carboxylic acids is 3. The molecule has 1 aromatic heterocycles. The molecule has 2 heterocycles. The van der Waals surface area contributed by atoms with E-state index in [0.717, 1.165) is 22.3 Å². The van der Waals surface area contributed by atoms with Gasteiger partial charge in [0.25, 0.3) is 5.91 Å². The fraction of sp³-hybridized carbons (Fsp3) is 0.273. The minimum absolute atomic E-state index is 0.0944. The zero-order valence-electron chi connectivity index (χ0n) is 25.2. The third-order valence-electron chi connectivity index (χ3n) is 7.38. The Hall–Kier alpha value is -5.16. The summed E-state index contributed by atoms with van der Waals surface area (Å²) in [6, 6.07) is 19.2. The summed E-state index contributed by atoms with van der Waals surface area (Å²) in [4.78, 5) is 50.5. The molecule has 5 rings (SSSR count). The van der Waals surface area contributed by atoms with Gasteiger partial charge >= 0.3 is 6.03 Å². The number of urea groups is 1. The molecular weight excluding hydrogens is 558 g/mol. The number of morpholine rings is 1. The van der Waals surface area contributed by atoms with Crippen LogP contribution < -0.4 is 15.5 Å². The highest BCUT2D eigenvalue weighted by Crippen LogP contribution is 2.31. The highest BCUT2D eigenvalue weighted by Gasteiger charge is 2.22. The van der Waals surface area contributed by atoms with E-state index < -0.39 is 11.9 Å². The van der Waals surface area contributed by atoms with Crippen molar-refractivity contribution in [2.45, 2.75) is 19.8 Å². The average Bonchev–Trinajstić information content (AvgIpc) is 3.01. The normalized spacial score (nSPS) is 13.7. The third kappa shape index (κ3) is 6.73. The molecule has 1 aliphatic rings. The van der Waals surface area contributed by atoms with Crippen molar-refractivity contribution in [3.63, 3.8) is 0 Å². The minimum Gasteiger partial charge on any atom is -0.378 e. The first kappa shape index (κ1) is 30.3. The molecule has 11 heteroatoms. The lowest BCUT2D eigenvalue weighted by molar-refractivity contribution is -0.117. The summed E-state index contributed by atoms with van der Waals surface area (Å²) in [5, 5.41) is 14.6. The maximum absolute atomic E-state index is 12.6. The number of hydrogen-bond acceptors (Lipinski definition) is 8. The van der Waals surface area contributed by atoms with Crippen LogP contribution in [-0.2, 0) is 9.53 Å². The number of nitrogens with zero attached hydrogens (tertiary/aromatic N) is 4. The van der Waals surface area contributed by atoms with Gasteiger partial charge in [0, 0.05) is 60.8 Å². The predicted molar refractivity (Wildman–Crippen MR) is 172 cm³/mol. The first-order valence-corrected chi connectivity index (χ1v) is 14.3. The molecule has 0 radical (unpaired) electrons. The van der Waals surface area contributed by atoms with Crippen LogP contribution in [0.4, 0.5) is 22.0 Å². The van der Waals surface area contributed by atoms with Crippen molar-refractivity contribution in [2.24, 2.45) is 0 Å². The molecule has 226 valence electrons. The van der Waals surface area contributed by atoms with Crippen molar-refractivity contribution in [2.75, 3.05) is 55.9 Å². The Morgan fingerprint density at radius 3 is 2.07 bits per heavy atom. The van der Waals surface area contributed by atoms with Crippen molar-refractivity contribution < 1.29 is 19.1 Å². The van der Waals surface area contributed by atoms with E-state index in [1.807, 2.05) is 30.3 Å². The van der Waals surface area contributed by atoms with Crippen LogP contribution >= 0.6 is 0 Å². The van der Waals surface area contributed by atoms with Gasteiger partial charge < -0.3 is 30.6 Å². The number of hydrogen-bond donors (Lipinski definition) is 3. The molecule has 1 fully saturated rings. The predicted octanol–water partition coefficient (Wildman–Crippen LogP) is 5.19. The highest BCUT2D eigenvalue weighted by atomic mass is 16.5. The van der Waals surface area contributed by atoms with E-state index in [0.29, 0.717) is 54.6 Å². The van der Waals surface area contributed by atoms with Crippen LogP contribution in [0.2, 0.25) is 0 Å². The van der Waals surface area contributed by atoms with Gasteiger partial charge in [0.1, 0.15) is 11.6 Å². The number of fused-ring (bicyclic) bond motifs is 1. The number of ether oxygens (including phenoxy) is 1. The molecule has 0 bridgehead atoms. The highest BCUT2D eigenvalue weighted by molar-refractivity contribution is 6.07. The van der Waals surface area contributed by atoms with Crippen molar-refractivity contribution in [3.8, 4) is 11.4 Å². The number of carbonyl (C=O) groups is 3. The van der Waals surface area contributed by atoms with E-state index in [9.17, 15) is 14.4 Å². The van der Waals surface area contributed by atoms with Crippen molar-refractivity contribution in [3.05, 3.63) is 77.9 Å². The molecule has 3 amide bonds. The van der Waals surface area contributed by atoms with Crippen LogP contribution in [0, 0.1) is 5.41 Å². The topological polar surface area (TPSA) is 141 Å². The molecule has 44 heavy (non-hydrogen) atoms. The number of rotatable bonds is 8. The molecule has 0 aliphatic carbocycles. The zero-order chi connectivity index (χ0) is 31.4. The number of Topliss-reactive ketones (excluding diaryl/α,β-unsaturated/α-hetero) is 1. The van der Waals surface area contributed by atoms with Gasteiger partial charge in [0.15, 0.2) is 5.82 Å². The van der Waals surface area contributed by atoms with Gasteiger partial charge in [0.05, 0.1) is 24.6 Å². The molecule has 1 atom stereocenters. The van der Waals surface area contributed by atoms with Crippen LogP contribution in [0.15, 0.2) is 66.7 Å². The second kappa shape index (κ2) is 13.0. The lowest BCUT2D eigenvalue weighted by atomic mass is 9.90. The molecular formula is C33H35N7O4. The lowest BCUT2D eigenvalue weighted by Gasteiger charge is -2.29. The number of nitrogens with one attached hydrogen (secondary N) is 3. The van der Waals surface area contributed by atoms with E-state index in [1.54, 1.807) is 57.4 Å². The Balaban J connectivity index is 1.39. The second-order valence-corrected chi connectivity index (χ2v) is 10.9. The summed E-state index contributed by atoms with van der Waals surface area (Å²) in [6.45, 7) is 5.71. The van der Waals surface area contributed by atoms with E-state index in [-0.39, 0.29) is 17.4 Å². The number of ketones is 1. The summed E-state index contributed by atoms with van der Waals surface area (Å²) in [5.41, 5.74) is 4.10. The van der Waals surface area contributed by atoms with E-state index in [2.05, 4.69) is 15.5 Å². The summed E-state index contributed by atoms with van der Waals surface area (Å²) in [5.74, 6) is 0.453. The summed E-state index contributed by atoms with van der Waals surface area (Å²) >= 11 is 0. The Bertz CT molecular complexity index is 1700.